The van der Waals surface area contributed by atoms with E-state index >= 15 is 0 Å². The summed E-state index contributed by atoms with van der Waals surface area (Å²) in [5.74, 6) is -0.601. The minimum Gasteiger partial charge on any atom is -0.477 e. The molecule has 0 aliphatic carbocycles. The van der Waals surface area contributed by atoms with E-state index in [1.54, 1.807) is 0 Å². The monoisotopic (exact) mass is 398 g/mol. The molecule has 1 atom stereocenters. The molecule has 3 heteroatoms. The summed E-state index contributed by atoms with van der Waals surface area (Å²) in [4.78, 5) is 11.8. The molecule has 168 valence electrons. The lowest BCUT2D eigenvalue weighted by Crippen LogP contribution is -2.58. The van der Waals surface area contributed by atoms with E-state index in [1.807, 2.05) is 0 Å². The highest BCUT2D eigenvalue weighted by molar-refractivity contribution is 5.72. The van der Waals surface area contributed by atoms with Gasteiger partial charge in [-0.1, -0.05) is 96.8 Å². The molecule has 1 unspecified atom stereocenters. The number of carbonyl (C=O) groups is 1. The number of hydrogen-bond acceptors (Lipinski definition) is 1. The van der Waals surface area contributed by atoms with Crippen LogP contribution >= 0.6 is 0 Å². The fourth-order valence-electron chi connectivity index (χ4n) is 4.67. The maximum atomic E-state index is 11.8. The zero-order valence-electron chi connectivity index (χ0n) is 19.8. The first-order valence-corrected chi connectivity index (χ1v) is 12.7. The number of rotatable bonds is 21. The fraction of sp³-hybridized carbons (Fsp3) is 0.960. The minimum absolute atomic E-state index is 0.220. The average Bonchev–Trinajstić information content (AvgIpc) is 2.70. The van der Waals surface area contributed by atoms with E-state index in [9.17, 15) is 9.90 Å². The first-order chi connectivity index (χ1) is 13.6. The van der Waals surface area contributed by atoms with E-state index in [4.69, 9.17) is 0 Å². The van der Waals surface area contributed by atoms with Gasteiger partial charge in [0.25, 0.3) is 0 Å². The molecule has 0 aromatic rings. The Labute approximate surface area is 176 Å². The van der Waals surface area contributed by atoms with Gasteiger partial charge in [0.1, 0.15) is 0 Å². The topological polar surface area (TPSA) is 37.3 Å². The van der Waals surface area contributed by atoms with Gasteiger partial charge in [0, 0.05) is 6.42 Å². The van der Waals surface area contributed by atoms with Crippen LogP contribution in [0.3, 0.4) is 0 Å². The zero-order valence-corrected chi connectivity index (χ0v) is 19.8. The van der Waals surface area contributed by atoms with Crippen LogP contribution in [0, 0.1) is 0 Å². The normalized spacial score (nSPS) is 13.0. The molecule has 0 aliphatic rings. The van der Waals surface area contributed by atoms with Gasteiger partial charge in [-0.2, -0.15) is 0 Å². The third kappa shape index (κ3) is 12.1. The second-order valence-electron chi connectivity index (χ2n) is 8.76. The van der Waals surface area contributed by atoms with Gasteiger partial charge in [0.05, 0.1) is 19.6 Å². The highest BCUT2D eigenvalue weighted by Crippen LogP contribution is 2.20. The first-order valence-electron chi connectivity index (χ1n) is 12.7. The van der Waals surface area contributed by atoms with Crippen molar-refractivity contribution in [2.45, 2.75) is 136 Å². The van der Waals surface area contributed by atoms with E-state index in [0.29, 0.717) is 0 Å². The van der Waals surface area contributed by atoms with Crippen molar-refractivity contribution in [3.05, 3.63) is 0 Å². The second-order valence-corrected chi connectivity index (χ2v) is 8.76. The summed E-state index contributed by atoms with van der Waals surface area (Å²) < 4.78 is 0.730. The number of carboxylic acid groups (broad SMARTS) is 1. The standard InChI is InChI=1S/C25H51NO2/c1-5-9-10-11-12-13-14-15-16-17-18-19-20-21-22-23-24(25(27)28)26(6-2,7-3)8-4/h24H,5-23H2,1-4H3/p+1. The van der Waals surface area contributed by atoms with Gasteiger partial charge in [0.2, 0.25) is 0 Å². The van der Waals surface area contributed by atoms with Crippen LogP contribution in [0.2, 0.25) is 0 Å². The number of hydrogen-bond donors (Lipinski definition) is 1. The predicted molar refractivity (Wildman–Crippen MR) is 123 cm³/mol. The Kier molecular flexibility index (Phi) is 18.1. The lowest BCUT2D eigenvalue weighted by atomic mass is 10.0. The molecule has 3 nitrogen and oxygen atoms in total. The van der Waals surface area contributed by atoms with Crippen molar-refractivity contribution in [3.63, 3.8) is 0 Å². The molecule has 0 saturated carbocycles. The van der Waals surface area contributed by atoms with Crippen molar-refractivity contribution in [2.75, 3.05) is 19.6 Å². The highest BCUT2D eigenvalue weighted by Gasteiger charge is 2.37. The molecule has 0 heterocycles. The SMILES string of the molecule is CCCCCCCCCCCCCCCCCC(C(=O)O)[N+](CC)(CC)CC. The molecule has 0 aromatic carbocycles. The zero-order chi connectivity index (χ0) is 21.1. The quantitative estimate of drug-likeness (QED) is 0.160. The molecular weight excluding hydrogens is 346 g/mol. The number of nitrogens with zero attached hydrogens (tertiary/aromatic N) is 1. The summed E-state index contributed by atoms with van der Waals surface area (Å²) in [5.41, 5.74) is 0. The highest BCUT2D eigenvalue weighted by atomic mass is 16.4. The van der Waals surface area contributed by atoms with Crippen LogP contribution < -0.4 is 0 Å². The van der Waals surface area contributed by atoms with Crippen molar-refractivity contribution in [1.29, 1.82) is 0 Å². The average molecular weight is 399 g/mol. The van der Waals surface area contributed by atoms with Crippen LogP contribution in [0.4, 0.5) is 0 Å². The van der Waals surface area contributed by atoms with E-state index in [0.717, 1.165) is 37.0 Å². The van der Waals surface area contributed by atoms with E-state index in [-0.39, 0.29) is 6.04 Å². The van der Waals surface area contributed by atoms with Gasteiger partial charge in [0.15, 0.2) is 6.04 Å². The first kappa shape index (κ1) is 27.4. The maximum absolute atomic E-state index is 11.8. The summed E-state index contributed by atoms with van der Waals surface area (Å²) in [6.45, 7) is 11.4. The molecule has 0 spiro atoms. The van der Waals surface area contributed by atoms with Crippen LogP contribution in [0.15, 0.2) is 0 Å². The molecule has 0 amide bonds. The van der Waals surface area contributed by atoms with Gasteiger partial charge >= 0.3 is 5.97 Å². The summed E-state index contributed by atoms with van der Waals surface area (Å²) >= 11 is 0. The van der Waals surface area contributed by atoms with Gasteiger partial charge in [-0.05, 0) is 27.2 Å². The number of quaternary nitrogens is 1. The Balaban J connectivity index is 3.63. The third-order valence-electron chi connectivity index (χ3n) is 6.92. The van der Waals surface area contributed by atoms with Crippen molar-refractivity contribution in [2.24, 2.45) is 0 Å². The molecule has 0 rings (SSSR count). The van der Waals surface area contributed by atoms with Gasteiger partial charge < -0.3 is 9.59 Å². The van der Waals surface area contributed by atoms with Crippen LogP contribution in [0.5, 0.6) is 0 Å². The summed E-state index contributed by atoms with van der Waals surface area (Å²) in [7, 11) is 0. The van der Waals surface area contributed by atoms with Gasteiger partial charge in [-0.25, -0.2) is 4.79 Å². The van der Waals surface area contributed by atoms with Gasteiger partial charge in [-0.3, -0.25) is 0 Å². The molecule has 0 saturated heterocycles. The van der Waals surface area contributed by atoms with Crippen molar-refractivity contribution in [1.82, 2.24) is 0 Å². The van der Waals surface area contributed by atoms with Crippen LogP contribution in [-0.4, -0.2) is 41.2 Å². The summed E-state index contributed by atoms with van der Waals surface area (Å²) in [6.07, 6.45) is 21.2. The molecule has 0 fully saturated rings. The van der Waals surface area contributed by atoms with E-state index < -0.39 is 5.97 Å². The number of carboxylic acids is 1. The number of unbranched alkanes of at least 4 members (excludes halogenated alkanes) is 14. The second kappa shape index (κ2) is 18.5. The molecular formula is C25H52NO2+. The number of likely N-dealkylation sites (N-methyl/N-ethyl adjacent to an activating group) is 1. The Bertz CT molecular complexity index is 344. The van der Waals surface area contributed by atoms with Crippen LogP contribution in [0.1, 0.15) is 130 Å². The van der Waals surface area contributed by atoms with Crippen molar-refractivity contribution in [3.8, 4) is 0 Å². The van der Waals surface area contributed by atoms with Crippen molar-refractivity contribution < 1.29 is 14.4 Å². The smallest absolute Gasteiger partial charge is 0.362 e. The van der Waals surface area contributed by atoms with E-state index in [1.165, 1.54) is 89.9 Å². The van der Waals surface area contributed by atoms with Gasteiger partial charge in [-0.15, -0.1) is 0 Å². The Hall–Kier alpha value is -0.570. The van der Waals surface area contributed by atoms with Crippen LogP contribution in [-0.2, 0) is 4.79 Å². The molecule has 0 aliphatic heterocycles. The van der Waals surface area contributed by atoms with Crippen LogP contribution in [0.25, 0.3) is 0 Å². The third-order valence-corrected chi connectivity index (χ3v) is 6.92. The maximum Gasteiger partial charge on any atom is 0.362 e. The summed E-state index contributed by atoms with van der Waals surface area (Å²) in [5, 5.41) is 9.70. The Morgan fingerprint density at radius 2 is 0.929 bits per heavy atom. The van der Waals surface area contributed by atoms with Crippen molar-refractivity contribution >= 4 is 5.97 Å². The molecule has 0 radical (unpaired) electrons. The molecule has 28 heavy (non-hydrogen) atoms. The Morgan fingerprint density at radius 3 is 1.21 bits per heavy atom. The molecule has 0 aromatic heterocycles. The van der Waals surface area contributed by atoms with E-state index in [2.05, 4.69) is 27.7 Å². The molecule has 0 bridgehead atoms. The number of aliphatic carboxylic acids is 1. The fourth-order valence-corrected chi connectivity index (χ4v) is 4.67. The summed E-state index contributed by atoms with van der Waals surface area (Å²) in [6, 6.07) is -0.220. The predicted octanol–water partition coefficient (Wildman–Crippen LogP) is 7.58. The largest absolute Gasteiger partial charge is 0.477 e. The Morgan fingerprint density at radius 1 is 0.607 bits per heavy atom. The lowest BCUT2D eigenvalue weighted by molar-refractivity contribution is -0.939. The molecule has 1 N–H and O–H groups in total. The minimum atomic E-state index is -0.601. The lowest BCUT2D eigenvalue weighted by Gasteiger charge is -2.40.